The molecule has 0 amide bonds. The van der Waals surface area contributed by atoms with Crippen LogP contribution in [-0.2, 0) is 16.6 Å². The van der Waals surface area contributed by atoms with Gasteiger partial charge in [0.05, 0.1) is 0 Å². The van der Waals surface area contributed by atoms with Crippen molar-refractivity contribution in [3.63, 3.8) is 0 Å². The van der Waals surface area contributed by atoms with Gasteiger partial charge >= 0.3 is 0 Å². The molecule has 9 heteroatoms. The summed E-state index contributed by atoms with van der Waals surface area (Å²) in [5, 5.41) is 0. The molecule has 0 heterocycles. The molecule has 3 nitrogen and oxygen atoms in total. The minimum atomic E-state index is -4.64. The van der Waals surface area contributed by atoms with E-state index in [0.29, 0.717) is 6.07 Å². The highest BCUT2D eigenvalue weighted by Crippen LogP contribution is 2.19. The van der Waals surface area contributed by atoms with Gasteiger partial charge in [-0.2, -0.15) is 0 Å². The zero-order chi connectivity index (χ0) is 16.5. The van der Waals surface area contributed by atoms with Gasteiger partial charge in [-0.1, -0.05) is 12.1 Å². The molecule has 0 saturated heterocycles. The van der Waals surface area contributed by atoms with Crippen LogP contribution < -0.4 is 4.72 Å². The third-order valence-corrected chi connectivity index (χ3v) is 4.21. The normalized spacial score (nSPS) is 11.7. The average Bonchev–Trinajstić information content (AvgIpc) is 2.43. The molecule has 0 bridgehead atoms. The van der Waals surface area contributed by atoms with Gasteiger partial charge in [0, 0.05) is 12.1 Å². The summed E-state index contributed by atoms with van der Waals surface area (Å²) >= 11 is 0. The summed E-state index contributed by atoms with van der Waals surface area (Å²) in [5.41, 5.74) is -0.515. The van der Waals surface area contributed by atoms with Gasteiger partial charge in [0.25, 0.3) is 0 Å². The summed E-state index contributed by atoms with van der Waals surface area (Å²) in [5.74, 6) is -7.47. The number of hydrogen-bond donors (Lipinski definition) is 1. The van der Waals surface area contributed by atoms with Crippen LogP contribution in [0.4, 0.5) is 22.0 Å². The Bertz CT molecular complexity index is 803. The van der Waals surface area contributed by atoms with Gasteiger partial charge in [-0.15, -0.1) is 0 Å². The van der Waals surface area contributed by atoms with E-state index in [4.69, 9.17) is 0 Å². The molecule has 0 aromatic heterocycles. The molecule has 2 rings (SSSR count). The molecule has 118 valence electrons. The Kier molecular flexibility index (Phi) is 4.47. The molecule has 22 heavy (non-hydrogen) atoms. The Labute approximate surface area is 122 Å². The highest BCUT2D eigenvalue weighted by molar-refractivity contribution is 7.89. The molecule has 0 unspecified atom stereocenters. The van der Waals surface area contributed by atoms with Crippen molar-refractivity contribution in [2.75, 3.05) is 0 Å². The van der Waals surface area contributed by atoms with E-state index in [9.17, 15) is 30.4 Å². The predicted octanol–water partition coefficient (Wildman–Crippen LogP) is 2.86. The molecule has 0 saturated carbocycles. The molecule has 2 aromatic carbocycles. The molecular formula is C13H8F5NO2S. The number of rotatable bonds is 4. The van der Waals surface area contributed by atoms with Gasteiger partial charge < -0.3 is 0 Å². The minimum absolute atomic E-state index is 0.515. The maximum Gasteiger partial charge on any atom is 0.246 e. The Morgan fingerprint density at radius 2 is 1.41 bits per heavy atom. The van der Waals surface area contributed by atoms with E-state index in [1.807, 2.05) is 0 Å². The topological polar surface area (TPSA) is 46.2 Å². The van der Waals surface area contributed by atoms with Crippen molar-refractivity contribution in [3.05, 3.63) is 65.0 Å². The summed E-state index contributed by atoms with van der Waals surface area (Å²) < 4.78 is 91.4. The van der Waals surface area contributed by atoms with Gasteiger partial charge in [0.15, 0.2) is 22.3 Å². The Hall–Kier alpha value is -2.00. The molecule has 0 aliphatic heterocycles. The van der Waals surface area contributed by atoms with Crippen LogP contribution in [0.25, 0.3) is 0 Å². The zero-order valence-corrected chi connectivity index (χ0v) is 11.5. The summed E-state index contributed by atoms with van der Waals surface area (Å²) in [6, 6.07) is 3.85. The minimum Gasteiger partial charge on any atom is -0.207 e. The van der Waals surface area contributed by atoms with Crippen LogP contribution in [0.1, 0.15) is 5.56 Å². The second-order valence-electron chi connectivity index (χ2n) is 4.21. The first-order valence-electron chi connectivity index (χ1n) is 5.80. The maximum atomic E-state index is 13.4. The first-order valence-corrected chi connectivity index (χ1v) is 7.28. The average molecular weight is 337 g/mol. The highest BCUT2D eigenvalue weighted by atomic mass is 32.2. The molecule has 0 aliphatic carbocycles. The van der Waals surface area contributed by atoms with Crippen molar-refractivity contribution in [1.82, 2.24) is 4.72 Å². The quantitative estimate of drug-likeness (QED) is 0.689. The second-order valence-corrected chi connectivity index (χ2v) is 5.91. The highest BCUT2D eigenvalue weighted by Gasteiger charge is 2.24. The Morgan fingerprint density at radius 1 is 0.818 bits per heavy atom. The zero-order valence-electron chi connectivity index (χ0n) is 10.7. The van der Waals surface area contributed by atoms with Gasteiger partial charge in [-0.25, -0.2) is 35.1 Å². The van der Waals surface area contributed by atoms with Crippen LogP contribution in [0, 0.1) is 29.1 Å². The lowest BCUT2D eigenvalue weighted by Crippen LogP contribution is -2.26. The fourth-order valence-corrected chi connectivity index (χ4v) is 2.83. The second kappa shape index (κ2) is 6.01. The van der Waals surface area contributed by atoms with Crippen LogP contribution in [0.3, 0.4) is 0 Å². The first kappa shape index (κ1) is 16.4. The van der Waals surface area contributed by atoms with Crippen LogP contribution in [0.5, 0.6) is 0 Å². The molecule has 0 aliphatic rings. The maximum absolute atomic E-state index is 13.4. The fraction of sp³-hybridized carbons (Fsp3) is 0.0769. The van der Waals surface area contributed by atoms with Crippen LogP contribution >= 0.6 is 0 Å². The van der Waals surface area contributed by atoms with Crippen LogP contribution in [0.2, 0.25) is 0 Å². The van der Waals surface area contributed by atoms with Crippen LogP contribution in [0.15, 0.2) is 35.2 Å². The molecule has 0 fully saturated rings. The van der Waals surface area contributed by atoms with E-state index >= 15 is 0 Å². The van der Waals surface area contributed by atoms with Crippen molar-refractivity contribution < 1.29 is 30.4 Å². The smallest absolute Gasteiger partial charge is 0.207 e. The lowest BCUT2D eigenvalue weighted by molar-refractivity contribution is 0.440. The summed E-state index contributed by atoms with van der Waals surface area (Å²) in [6.07, 6.45) is 0. The van der Waals surface area contributed by atoms with E-state index in [2.05, 4.69) is 0 Å². The number of hydrogen-bond acceptors (Lipinski definition) is 2. The van der Waals surface area contributed by atoms with Crippen molar-refractivity contribution in [1.29, 1.82) is 0 Å². The molecule has 0 radical (unpaired) electrons. The van der Waals surface area contributed by atoms with Gasteiger partial charge in [0.1, 0.15) is 11.6 Å². The molecule has 0 spiro atoms. The fourth-order valence-electron chi connectivity index (χ4n) is 1.69. The molecule has 1 N–H and O–H groups in total. The molecular weight excluding hydrogens is 329 g/mol. The Morgan fingerprint density at radius 3 is 2.00 bits per heavy atom. The lowest BCUT2D eigenvalue weighted by Gasteiger charge is -2.09. The Balaban J connectivity index is 2.30. The third-order valence-electron chi connectivity index (χ3n) is 2.76. The predicted molar refractivity (Wildman–Crippen MR) is 66.7 cm³/mol. The standard InChI is InChI=1S/C13H8F5NO2S/c14-8-5-4-7(11(17)12(8)18)6-19-22(20,21)13-9(15)2-1-3-10(13)16/h1-5,19H,6H2. The lowest BCUT2D eigenvalue weighted by atomic mass is 10.2. The molecule has 2 aromatic rings. The summed E-state index contributed by atoms with van der Waals surface area (Å²) in [6.45, 7) is -0.806. The van der Waals surface area contributed by atoms with Crippen LogP contribution in [-0.4, -0.2) is 8.42 Å². The summed E-state index contributed by atoms with van der Waals surface area (Å²) in [4.78, 5) is -1.24. The van der Waals surface area contributed by atoms with Crippen molar-refractivity contribution in [3.8, 4) is 0 Å². The van der Waals surface area contributed by atoms with E-state index in [1.54, 1.807) is 4.72 Å². The van der Waals surface area contributed by atoms with E-state index < -0.39 is 56.1 Å². The number of halogens is 5. The van der Waals surface area contributed by atoms with Crippen molar-refractivity contribution in [2.45, 2.75) is 11.4 Å². The number of benzene rings is 2. The van der Waals surface area contributed by atoms with Crippen molar-refractivity contribution in [2.24, 2.45) is 0 Å². The summed E-state index contributed by atoms with van der Waals surface area (Å²) in [7, 11) is -4.64. The van der Waals surface area contributed by atoms with Gasteiger partial charge in [-0.3, -0.25) is 0 Å². The first-order chi connectivity index (χ1) is 10.2. The van der Waals surface area contributed by atoms with Gasteiger partial charge in [0.2, 0.25) is 10.0 Å². The van der Waals surface area contributed by atoms with E-state index in [0.717, 1.165) is 24.3 Å². The third kappa shape index (κ3) is 3.09. The van der Waals surface area contributed by atoms with Crippen molar-refractivity contribution >= 4 is 10.0 Å². The molecule has 0 atom stereocenters. The number of sulfonamides is 1. The van der Waals surface area contributed by atoms with E-state index in [-0.39, 0.29) is 0 Å². The van der Waals surface area contributed by atoms with Gasteiger partial charge in [-0.05, 0) is 18.2 Å². The van der Waals surface area contributed by atoms with E-state index in [1.165, 1.54) is 0 Å². The SMILES string of the molecule is O=S(=O)(NCc1ccc(F)c(F)c1F)c1c(F)cccc1F. The number of nitrogens with one attached hydrogen (secondary N) is 1. The monoisotopic (exact) mass is 337 g/mol. The largest absolute Gasteiger partial charge is 0.246 e.